The number of nitrogens with zero attached hydrogens (tertiary/aromatic N) is 1. The molecule has 0 radical (unpaired) electrons. The molecule has 18 heavy (non-hydrogen) atoms. The molecule has 0 heterocycles. The van der Waals surface area contributed by atoms with Gasteiger partial charge in [0.1, 0.15) is 0 Å². The summed E-state index contributed by atoms with van der Waals surface area (Å²) in [5, 5.41) is 7.56. The van der Waals surface area contributed by atoms with Crippen LogP contribution in [0.2, 0.25) is 0 Å². The molecule has 1 atom stereocenters. The smallest absolute Gasteiger partial charge is 0.0963 e. The van der Waals surface area contributed by atoms with Crippen LogP contribution in [0.15, 0.2) is 0 Å². The molecule has 0 aromatic rings. The predicted octanol–water partition coefficient (Wildman–Crippen LogP) is 2.48. The Bertz CT molecular complexity index is 241. The van der Waals surface area contributed by atoms with Crippen molar-refractivity contribution in [3.05, 3.63) is 0 Å². The van der Waals surface area contributed by atoms with E-state index in [-0.39, 0.29) is 11.3 Å². The van der Waals surface area contributed by atoms with Crippen LogP contribution in [0, 0.1) is 10.8 Å². The zero-order valence-electron chi connectivity index (χ0n) is 12.8. The van der Waals surface area contributed by atoms with Crippen molar-refractivity contribution in [3.8, 4) is 0 Å². The fourth-order valence-corrected chi connectivity index (χ4v) is 1.88. The third-order valence-corrected chi connectivity index (χ3v) is 3.77. The van der Waals surface area contributed by atoms with Crippen LogP contribution >= 0.6 is 0 Å². The van der Waals surface area contributed by atoms with Gasteiger partial charge in [0.25, 0.3) is 0 Å². The van der Waals surface area contributed by atoms with Crippen molar-refractivity contribution >= 4 is 5.84 Å². The molecule has 0 fully saturated rings. The SMILES string of the molecule is CCC(C)N(CCCC(C)(C)C(=N)N)CCOC. The molecular weight excluding hydrogens is 226 g/mol. The Morgan fingerprint density at radius 3 is 2.44 bits per heavy atom. The highest BCUT2D eigenvalue weighted by atomic mass is 16.5. The summed E-state index contributed by atoms with van der Waals surface area (Å²) >= 11 is 0. The van der Waals surface area contributed by atoms with E-state index in [1.54, 1.807) is 7.11 Å². The quantitative estimate of drug-likeness (QED) is 0.467. The molecule has 3 N–H and O–H groups in total. The monoisotopic (exact) mass is 257 g/mol. The van der Waals surface area contributed by atoms with Crippen LogP contribution in [-0.4, -0.2) is 43.6 Å². The standard InChI is InChI=1S/C14H31N3O/c1-6-12(2)17(10-11-18-5)9-7-8-14(3,4)13(15)16/h12H,6-11H2,1-5H3,(H3,15,16). The number of hydrogen-bond acceptors (Lipinski definition) is 3. The molecular formula is C14H31N3O. The van der Waals surface area contributed by atoms with Crippen LogP contribution < -0.4 is 5.73 Å². The first-order valence-electron chi connectivity index (χ1n) is 6.92. The van der Waals surface area contributed by atoms with Gasteiger partial charge < -0.3 is 10.5 Å². The van der Waals surface area contributed by atoms with Crippen LogP contribution in [0.4, 0.5) is 0 Å². The Morgan fingerprint density at radius 2 is 2.00 bits per heavy atom. The number of rotatable bonds is 10. The van der Waals surface area contributed by atoms with Gasteiger partial charge in [-0.1, -0.05) is 20.8 Å². The Labute approximate surface area is 112 Å². The Hall–Kier alpha value is -0.610. The summed E-state index contributed by atoms with van der Waals surface area (Å²) in [6, 6.07) is 0.584. The molecule has 0 rings (SSSR count). The molecule has 0 bridgehead atoms. The highest BCUT2D eigenvalue weighted by Crippen LogP contribution is 2.22. The molecule has 0 saturated heterocycles. The highest BCUT2D eigenvalue weighted by Gasteiger charge is 2.21. The van der Waals surface area contributed by atoms with Gasteiger partial charge in [0.05, 0.1) is 12.4 Å². The number of nitrogens with two attached hydrogens (primary N) is 1. The second-order valence-electron chi connectivity index (χ2n) is 5.69. The van der Waals surface area contributed by atoms with Gasteiger partial charge in [-0.3, -0.25) is 10.3 Å². The minimum Gasteiger partial charge on any atom is -0.387 e. The second-order valence-corrected chi connectivity index (χ2v) is 5.69. The first kappa shape index (κ1) is 17.4. The summed E-state index contributed by atoms with van der Waals surface area (Å²) in [4.78, 5) is 2.46. The van der Waals surface area contributed by atoms with Crippen LogP contribution in [0.25, 0.3) is 0 Å². The van der Waals surface area contributed by atoms with Crippen molar-refractivity contribution in [2.24, 2.45) is 11.1 Å². The summed E-state index contributed by atoms with van der Waals surface area (Å²) in [6.45, 7) is 11.4. The summed E-state index contributed by atoms with van der Waals surface area (Å²) in [7, 11) is 1.74. The zero-order chi connectivity index (χ0) is 14.2. The van der Waals surface area contributed by atoms with Crippen LogP contribution in [0.1, 0.15) is 47.0 Å². The number of hydrogen-bond donors (Lipinski definition) is 2. The number of methoxy groups -OCH3 is 1. The van der Waals surface area contributed by atoms with E-state index in [2.05, 4.69) is 18.7 Å². The van der Waals surface area contributed by atoms with Gasteiger partial charge in [-0.05, 0) is 32.7 Å². The lowest BCUT2D eigenvalue weighted by atomic mass is 9.86. The van der Waals surface area contributed by atoms with Gasteiger partial charge in [-0.15, -0.1) is 0 Å². The van der Waals surface area contributed by atoms with Crippen molar-refractivity contribution in [2.75, 3.05) is 26.8 Å². The van der Waals surface area contributed by atoms with Crippen LogP contribution in [-0.2, 0) is 4.74 Å². The fraction of sp³-hybridized carbons (Fsp3) is 0.929. The van der Waals surface area contributed by atoms with E-state index in [1.165, 1.54) is 0 Å². The predicted molar refractivity (Wildman–Crippen MR) is 78.1 cm³/mol. The molecule has 4 heteroatoms. The normalized spacial score (nSPS) is 13.9. The average Bonchev–Trinajstić information content (AvgIpc) is 2.32. The second kappa shape index (κ2) is 8.48. The molecule has 4 nitrogen and oxygen atoms in total. The molecule has 0 amide bonds. The molecule has 0 aliphatic carbocycles. The molecule has 0 aromatic heterocycles. The lowest BCUT2D eigenvalue weighted by molar-refractivity contribution is 0.120. The third kappa shape index (κ3) is 6.36. The molecule has 108 valence electrons. The largest absolute Gasteiger partial charge is 0.387 e. The molecule has 0 aliphatic rings. The molecule has 0 aliphatic heterocycles. The maximum Gasteiger partial charge on any atom is 0.0963 e. The zero-order valence-corrected chi connectivity index (χ0v) is 12.8. The Morgan fingerprint density at radius 1 is 1.39 bits per heavy atom. The maximum absolute atomic E-state index is 7.56. The Balaban J connectivity index is 4.14. The van der Waals surface area contributed by atoms with E-state index < -0.39 is 0 Å². The summed E-state index contributed by atoms with van der Waals surface area (Å²) < 4.78 is 5.16. The van der Waals surface area contributed by atoms with Gasteiger partial charge in [0.2, 0.25) is 0 Å². The first-order valence-corrected chi connectivity index (χ1v) is 6.92. The van der Waals surface area contributed by atoms with Gasteiger partial charge in [0, 0.05) is 25.1 Å². The average molecular weight is 257 g/mol. The van der Waals surface area contributed by atoms with E-state index in [9.17, 15) is 0 Å². The molecule has 0 spiro atoms. The number of nitrogens with one attached hydrogen (secondary N) is 1. The summed E-state index contributed by atoms with van der Waals surface area (Å²) in [6.07, 6.45) is 3.18. The molecule has 0 aromatic carbocycles. The van der Waals surface area contributed by atoms with E-state index in [0.29, 0.717) is 6.04 Å². The van der Waals surface area contributed by atoms with Crippen molar-refractivity contribution in [1.82, 2.24) is 4.90 Å². The van der Waals surface area contributed by atoms with Gasteiger partial charge >= 0.3 is 0 Å². The first-order chi connectivity index (χ1) is 8.35. The van der Waals surface area contributed by atoms with E-state index in [1.807, 2.05) is 13.8 Å². The van der Waals surface area contributed by atoms with E-state index >= 15 is 0 Å². The van der Waals surface area contributed by atoms with Crippen molar-refractivity contribution < 1.29 is 4.74 Å². The molecule has 1 unspecified atom stereocenters. The Kier molecular flexibility index (Phi) is 8.20. The minimum atomic E-state index is -0.178. The van der Waals surface area contributed by atoms with E-state index in [0.717, 1.165) is 39.0 Å². The maximum atomic E-state index is 7.56. The van der Waals surface area contributed by atoms with Crippen LogP contribution in [0.3, 0.4) is 0 Å². The summed E-state index contributed by atoms with van der Waals surface area (Å²) in [5.74, 6) is 0.287. The lowest BCUT2D eigenvalue weighted by Crippen LogP contribution is -2.37. The van der Waals surface area contributed by atoms with E-state index in [4.69, 9.17) is 15.9 Å². The van der Waals surface area contributed by atoms with Gasteiger partial charge in [-0.25, -0.2) is 0 Å². The fourth-order valence-electron chi connectivity index (χ4n) is 1.88. The number of ether oxygens (including phenoxy) is 1. The van der Waals surface area contributed by atoms with Gasteiger partial charge in [-0.2, -0.15) is 0 Å². The summed E-state index contributed by atoms with van der Waals surface area (Å²) in [5.41, 5.74) is 5.42. The van der Waals surface area contributed by atoms with Crippen molar-refractivity contribution in [3.63, 3.8) is 0 Å². The van der Waals surface area contributed by atoms with Gasteiger partial charge in [0.15, 0.2) is 0 Å². The molecule has 0 saturated carbocycles. The lowest BCUT2D eigenvalue weighted by Gasteiger charge is -2.30. The minimum absolute atomic E-state index is 0.178. The highest BCUT2D eigenvalue weighted by molar-refractivity contribution is 5.82. The van der Waals surface area contributed by atoms with Crippen molar-refractivity contribution in [2.45, 2.75) is 53.0 Å². The van der Waals surface area contributed by atoms with Crippen molar-refractivity contribution in [1.29, 1.82) is 5.41 Å². The topological polar surface area (TPSA) is 62.3 Å². The number of amidine groups is 1. The van der Waals surface area contributed by atoms with Crippen LogP contribution in [0.5, 0.6) is 0 Å². The third-order valence-electron chi connectivity index (χ3n) is 3.77.